The Kier molecular flexibility index (Phi) is 6.32. The topological polar surface area (TPSA) is 68.3 Å². The van der Waals surface area contributed by atoms with Crippen molar-refractivity contribution < 1.29 is 0 Å². The maximum Gasteiger partial charge on any atom is 0.142 e. The molecular formula is C25H31ClN6. The van der Waals surface area contributed by atoms with Crippen LogP contribution < -0.4 is 10.6 Å². The van der Waals surface area contributed by atoms with Crippen LogP contribution in [-0.2, 0) is 0 Å². The number of H-pyrrole nitrogens is 1. The van der Waals surface area contributed by atoms with Gasteiger partial charge >= 0.3 is 0 Å². The number of hydrogen-bond acceptors (Lipinski definition) is 5. The van der Waals surface area contributed by atoms with Gasteiger partial charge in [-0.1, -0.05) is 36.6 Å². The molecule has 2 aliphatic heterocycles. The Balaban J connectivity index is 1.47. The number of aliphatic imine (C=N–C) groups is 1. The molecule has 3 aliphatic rings. The van der Waals surface area contributed by atoms with Crippen LogP contribution in [0.3, 0.4) is 0 Å². The van der Waals surface area contributed by atoms with Crippen molar-refractivity contribution in [1.29, 1.82) is 0 Å². The minimum atomic E-state index is 0.456. The lowest BCUT2D eigenvalue weighted by molar-refractivity contribution is 0.253. The summed E-state index contributed by atoms with van der Waals surface area (Å²) in [6, 6.07) is 8.44. The summed E-state index contributed by atoms with van der Waals surface area (Å²) in [4.78, 5) is 7.04. The Hall–Kier alpha value is -2.57. The van der Waals surface area contributed by atoms with Crippen LogP contribution >= 0.6 is 11.6 Å². The molecule has 0 bridgehead atoms. The number of nitrogens with one attached hydrogen (secondary N) is 3. The summed E-state index contributed by atoms with van der Waals surface area (Å²) in [5.74, 6) is 1.35. The van der Waals surface area contributed by atoms with Gasteiger partial charge in [0.1, 0.15) is 11.5 Å². The number of piperidine rings is 1. The fourth-order valence-corrected chi connectivity index (χ4v) is 5.10. The second-order valence-electron chi connectivity index (χ2n) is 9.10. The standard InChI is InChI=1S/C25H31ClN6/c1-32-14-11-18(12-15-32)25-23(24(30-31-25)17-6-8-19(26)9-7-17)21-10-13-27-22(16-28-21)29-20-4-2-3-5-20/h6-10,13,16,18,20,28-29H,2-5,11-12,14-15H2,1H3,(H,30,31). The third-order valence-corrected chi connectivity index (χ3v) is 7.09. The summed E-state index contributed by atoms with van der Waals surface area (Å²) < 4.78 is 0. The van der Waals surface area contributed by atoms with Gasteiger partial charge in [-0.2, -0.15) is 5.10 Å². The zero-order valence-electron chi connectivity index (χ0n) is 18.6. The molecule has 3 N–H and O–H groups in total. The molecule has 3 heterocycles. The van der Waals surface area contributed by atoms with Gasteiger partial charge in [0.05, 0.1) is 5.70 Å². The fraction of sp³-hybridized carbons (Fsp3) is 0.440. The van der Waals surface area contributed by atoms with Gasteiger partial charge in [-0.05, 0) is 64.0 Å². The van der Waals surface area contributed by atoms with E-state index in [1.54, 1.807) is 0 Å². The molecule has 1 saturated heterocycles. The Morgan fingerprint density at radius 1 is 1.06 bits per heavy atom. The van der Waals surface area contributed by atoms with Crippen LogP contribution in [0.2, 0.25) is 5.02 Å². The first-order valence-corrected chi connectivity index (χ1v) is 12.1. The van der Waals surface area contributed by atoms with Gasteiger partial charge in [0, 0.05) is 46.2 Å². The van der Waals surface area contributed by atoms with E-state index in [0.717, 1.165) is 59.3 Å². The molecule has 6 nitrogen and oxygen atoms in total. The summed E-state index contributed by atoms with van der Waals surface area (Å²) in [5.41, 5.74) is 5.35. The summed E-state index contributed by atoms with van der Waals surface area (Å²) in [5, 5.41) is 16.0. The van der Waals surface area contributed by atoms with E-state index in [1.165, 1.54) is 31.4 Å². The lowest BCUT2D eigenvalue weighted by Gasteiger charge is -2.29. The Labute approximate surface area is 194 Å². The highest BCUT2D eigenvalue weighted by Crippen LogP contribution is 2.37. The molecule has 1 saturated carbocycles. The summed E-state index contributed by atoms with van der Waals surface area (Å²) in [7, 11) is 2.19. The first-order chi connectivity index (χ1) is 15.7. The van der Waals surface area contributed by atoms with Gasteiger partial charge < -0.3 is 15.5 Å². The average Bonchev–Trinajstić information content (AvgIpc) is 3.41. The van der Waals surface area contributed by atoms with Crippen molar-refractivity contribution in [3.05, 3.63) is 58.6 Å². The molecule has 32 heavy (non-hydrogen) atoms. The van der Waals surface area contributed by atoms with Crippen molar-refractivity contribution in [2.75, 3.05) is 20.1 Å². The van der Waals surface area contributed by atoms with Gasteiger partial charge in [0.2, 0.25) is 0 Å². The van der Waals surface area contributed by atoms with Crippen LogP contribution in [0.1, 0.15) is 55.7 Å². The maximum atomic E-state index is 6.15. The number of aromatic nitrogens is 2. The predicted molar refractivity (Wildman–Crippen MR) is 132 cm³/mol. The lowest BCUT2D eigenvalue weighted by Crippen LogP contribution is -2.29. The third kappa shape index (κ3) is 4.62. The number of likely N-dealkylation sites (tertiary alicyclic amines) is 1. The molecule has 7 heteroatoms. The minimum Gasteiger partial charge on any atom is -0.366 e. The predicted octanol–water partition coefficient (Wildman–Crippen LogP) is 4.89. The number of nitrogens with zero attached hydrogens (tertiary/aromatic N) is 3. The Morgan fingerprint density at radius 2 is 1.81 bits per heavy atom. The van der Waals surface area contributed by atoms with Crippen molar-refractivity contribution >= 4 is 23.5 Å². The summed E-state index contributed by atoms with van der Waals surface area (Å²) in [6.07, 6.45) is 13.2. The monoisotopic (exact) mass is 450 g/mol. The number of allylic oxidation sites excluding steroid dienone is 1. The van der Waals surface area contributed by atoms with E-state index in [-0.39, 0.29) is 0 Å². The molecule has 1 aromatic heterocycles. The van der Waals surface area contributed by atoms with Crippen LogP contribution in [0.4, 0.5) is 0 Å². The van der Waals surface area contributed by atoms with Crippen LogP contribution in [0.25, 0.3) is 17.0 Å². The van der Waals surface area contributed by atoms with E-state index in [2.05, 4.69) is 38.7 Å². The van der Waals surface area contributed by atoms with E-state index in [4.69, 9.17) is 16.7 Å². The molecule has 0 amide bonds. The molecule has 2 fully saturated rings. The van der Waals surface area contributed by atoms with Gasteiger partial charge in [-0.3, -0.25) is 5.10 Å². The molecule has 1 aromatic carbocycles. The van der Waals surface area contributed by atoms with E-state index >= 15 is 0 Å². The number of aromatic amines is 1. The highest BCUT2D eigenvalue weighted by Gasteiger charge is 2.27. The molecule has 1 aliphatic carbocycles. The molecule has 168 valence electrons. The van der Waals surface area contributed by atoms with Gasteiger partial charge in [0.25, 0.3) is 0 Å². The van der Waals surface area contributed by atoms with E-state index in [1.807, 2.05) is 36.7 Å². The first-order valence-electron chi connectivity index (χ1n) is 11.7. The second kappa shape index (κ2) is 9.51. The Morgan fingerprint density at radius 3 is 2.56 bits per heavy atom. The lowest BCUT2D eigenvalue weighted by atomic mass is 9.89. The van der Waals surface area contributed by atoms with E-state index < -0.39 is 0 Å². The molecule has 0 radical (unpaired) electrons. The molecular weight excluding hydrogens is 420 g/mol. The summed E-state index contributed by atoms with van der Waals surface area (Å²) in [6.45, 7) is 2.20. The van der Waals surface area contributed by atoms with E-state index in [0.29, 0.717) is 12.0 Å². The van der Waals surface area contributed by atoms with Crippen LogP contribution in [0.15, 0.2) is 47.4 Å². The highest BCUT2D eigenvalue weighted by atomic mass is 35.5. The number of hydrogen-bond donors (Lipinski definition) is 3. The smallest absolute Gasteiger partial charge is 0.142 e. The van der Waals surface area contributed by atoms with Gasteiger partial charge in [-0.25, -0.2) is 4.99 Å². The van der Waals surface area contributed by atoms with Crippen LogP contribution in [-0.4, -0.2) is 47.5 Å². The largest absolute Gasteiger partial charge is 0.366 e. The van der Waals surface area contributed by atoms with E-state index in [9.17, 15) is 0 Å². The summed E-state index contributed by atoms with van der Waals surface area (Å²) >= 11 is 6.15. The zero-order chi connectivity index (χ0) is 21.9. The maximum absolute atomic E-state index is 6.15. The highest BCUT2D eigenvalue weighted by molar-refractivity contribution is 6.30. The number of rotatable bonds is 5. The minimum absolute atomic E-state index is 0.456. The van der Waals surface area contributed by atoms with Gasteiger partial charge in [0.15, 0.2) is 0 Å². The quantitative estimate of drug-likeness (QED) is 0.607. The molecule has 2 aromatic rings. The molecule has 0 spiro atoms. The third-order valence-electron chi connectivity index (χ3n) is 6.83. The van der Waals surface area contributed by atoms with Crippen molar-refractivity contribution in [2.24, 2.45) is 4.99 Å². The van der Waals surface area contributed by atoms with Crippen LogP contribution in [0.5, 0.6) is 0 Å². The fourth-order valence-electron chi connectivity index (χ4n) is 4.97. The van der Waals surface area contributed by atoms with Crippen molar-refractivity contribution in [3.63, 3.8) is 0 Å². The Bertz CT molecular complexity index is 1020. The number of halogens is 1. The van der Waals surface area contributed by atoms with Gasteiger partial charge in [-0.15, -0.1) is 0 Å². The van der Waals surface area contributed by atoms with Crippen molar-refractivity contribution in [1.82, 2.24) is 25.7 Å². The normalized spacial score (nSPS) is 20.6. The molecule has 0 unspecified atom stereocenters. The van der Waals surface area contributed by atoms with Crippen molar-refractivity contribution in [3.8, 4) is 11.3 Å². The second-order valence-corrected chi connectivity index (χ2v) is 9.54. The van der Waals surface area contributed by atoms with Crippen LogP contribution in [0, 0.1) is 0 Å². The molecule has 0 atom stereocenters. The SMILES string of the molecule is CN1CCC(c2[nH]nc(-c3ccc(Cl)cc3)c2C2=CC=NC(NC3CCCC3)=CN2)CC1. The number of benzene rings is 1. The van der Waals surface area contributed by atoms with Crippen molar-refractivity contribution in [2.45, 2.75) is 50.5 Å². The molecule has 5 rings (SSSR count). The zero-order valence-corrected chi connectivity index (χ0v) is 19.3. The first kappa shape index (κ1) is 21.3. The average molecular weight is 451 g/mol.